The lowest BCUT2D eigenvalue weighted by atomic mass is 10.0. The molecule has 1 saturated heterocycles. The molecule has 0 bridgehead atoms. The Morgan fingerprint density at radius 2 is 2.04 bits per heavy atom. The van der Waals surface area contributed by atoms with Crippen LogP contribution in [0.25, 0.3) is 5.65 Å². The number of rotatable bonds is 4. The summed E-state index contributed by atoms with van der Waals surface area (Å²) >= 11 is 0. The Balaban J connectivity index is 1.45. The third-order valence-corrected chi connectivity index (χ3v) is 4.93. The van der Waals surface area contributed by atoms with Gasteiger partial charge in [0.1, 0.15) is 0 Å². The lowest BCUT2D eigenvalue weighted by molar-refractivity contribution is 0.0764. The summed E-state index contributed by atoms with van der Waals surface area (Å²) in [6.07, 6.45) is 7.30. The van der Waals surface area contributed by atoms with Crippen molar-refractivity contribution in [2.45, 2.75) is 19.1 Å². The molecule has 4 rings (SSSR count). The first-order valence-electron chi connectivity index (χ1n) is 8.68. The van der Waals surface area contributed by atoms with E-state index in [1.54, 1.807) is 29.4 Å². The molecule has 26 heavy (non-hydrogen) atoms. The number of carbonyl (C=O) groups is 1. The summed E-state index contributed by atoms with van der Waals surface area (Å²) in [5.74, 6) is -0.0936. The molecule has 7 nitrogen and oxygen atoms in total. The number of aliphatic hydroxyl groups is 1. The van der Waals surface area contributed by atoms with Gasteiger partial charge in [0.2, 0.25) is 0 Å². The molecule has 3 heterocycles. The number of amides is 1. The fraction of sp³-hybridized carbons (Fsp3) is 0.316. The zero-order chi connectivity index (χ0) is 18.1. The van der Waals surface area contributed by atoms with Crippen LogP contribution in [-0.2, 0) is 13.0 Å². The van der Waals surface area contributed by atoms with E-state index in [0.717, 1.165) is 16.9 Å². The second-order valence-electron chi connectivity index (χ2n) is 6.71. The third kappa shape index (κ3) is 3.18. The van der Waals surface area contributed by atoms with Crippen molar-refractivity contribution in [3.05, 3.63) is 65.9 Å². The molecule has 1 aliphatic rings. The van der Waals surface area contributed by atoms with Crippen molar-refractivity contribution in [2.24, 2.45) is 11.7 Å². The Hall–Kier alpha value is -2.77. The van der Waals surface area contributed by atoms with Crippen molar-refractivity contribution in [1.82, 2.24) is 19.3 Å². The minimum atomic E-state index is -0.553. The number of aliphatic hydroxyl groups excluding tert-OH is 1. The molecule has 0 saturated carbocycles. The van der Waals surface area contributed by atoms with E-state index in [0.29, 0.717) is 31.6 Å². The van der Waals surface area contributed by atoms with Gasteiger partial charge in [-0.25, -0.2) is 4.98 Å². The number of aromatic nitrogens is 3. The number of likely N-dealkylation sites (tertiary alicyclic amines) is 1. The molecular formula is C19H21N5O2. The lowest BCUT2D eigenvalue weighted by Gasteiger charge is -2.16. The fourth-order valence-corrected chi connectivity index (χ4v) is 3.43. The van der Waals surface area contributed by atoms with Crippen molar-refractivity contribution < 1.29 is 9.90 Å². The summed E-state index contributed by atoms with van der Waals surface area (Å²) in [5.41, 5.74) is 8.87. The predicted molar refractivity (Wildman–Crippen MR) is 96.4 cm³/mol. The summed E-state index contributed by atoms with van der Waals surface area (Å²) in [6.45, 7) is 1.31. The van der Waals surface area contributed by atoms with Gasteiger partial charge in [0, 0.05) is 49.7 Å². The molecule has 2 aromatic heterocycles. The van der Waals surface area contributed by atoms with Crippen LogP contribution >= 0.6 is 0 Å². The lowest BCUT2D eigenvalue weighted by Crippen LogP contribution is -2.29. The molecule has 7 heteroatoms. The van der Waals surface area contributed by atoms with Gasteiger partial charge < -0.3 is 20.1 Å². The molecule has 1 amide bonds. The van der Waals surface area contributed by atoms with Crippen LogP contribution in [0.1, 0.15) is 21.6 Å². The molecule has 3 N–H and O–H groups in total. The van der Waals surface area contributed by atoms with Gasteiger partial charge in [-0.3, -0.25) is 9.78 Å². The van der Waals surface area contributed by atoms with Gasteiger partial charge in [-0.05, 0) is 24.1 Å². The number of hydrogen-bond donors (Lipinski definition) is 2. The molecule has 0 aliphatic carbocycles. The van der Waals surface area contributed by atoms with Gasteiger partial charge in [-0.15, -0.1) is 0 Å². The quantitative estimate of drug-likeness (QED) is 0.727. The van der Waals surface area contributed by atoms with Crippen molar-refractivity contribution in [3.63, 3.8) is 0 Å². The highest BCUT2D eigenvalue weighted by Crippen LogP contribution is 2.23. The third-order valence-electron chi connectivity index (χ3n) is 4.93. The molecule has 0 radical (unpaired) electrons. The number of benzene rings is 1. The predicted octanol–water partition coefficient (Wildman–Crippen LogP) is 0.864. The highest BCUT2D eigenvalue weighted by Gasteiger charge is 2.34. The van der Waals surface area contributed by atoms with E-state index in [4.69, 9.17) is 5.73 Å². The number of nitrogens with two attached hydrogens (primary N) is 1. The van der Waals surface area contributed by atoms with E-state index in [2.05, 4.69) is 9.97 Å². The second kappa shape index (κ2) is 6.86. The van der Waals surface area contributed by atoms with Gasteiger partial charge >= 0.3 is 0 Å². The van der Waals surface area contributed by atoms with E-state index in [9.17, 15) is 9.90 Å². The van der Waals surface area contributed by atoms with Crippen molar-refractivity contribution in [1.29, 1.82) is 0 Å². The number of imidazole rings is 1. The van der Waals surface area contributed by atoms with Crippen LogP contribution in [0.5, 0.6) is 0 Å². The van der Waals surface area contributed by atoms with Crippen LogP contribution in [0.2, 0.25) is 0 Å². The van der Waals surface area contributed by atoms with E-state index < -0.39 is 6.10 Å². The van der Waals surface area contributed by atoms with Crippen LogP contribution in [0.4, 0.5) is 0 Å². The largest absolute Gasteiger partial charge is 0.391 e. The number of hydrogen-bond acceptors (Lipinski definition) is 5. The maximum absolute atomic E-state index is 12.7. The molecule has 1 aliphatic heterocycles. The number of nitrogens with zero attached hydrogens (tertiary/aromatic N) is 4. The number of β-amino-alcohol motifs (C(OH)–C–C–N with tert-alkyl or cyclic N) is 1. The molecule has 3 aromatic rings. The summed E-state index contributed by atoms with van der Waals surface area (Å²) in [6, 6.07) is 7.31. The minimum Gasteiger partial charge on any atom is -0.391 e. The first kappa shape index (κ1) is 16.7. The molecule has 1 fully saturated rings. The van der Waals surface area contributed by atoms with Crippen LogP contribution in [-0.4, -0.2) is 49.5 Å². The molecule has 0 spiro atoms. The topological polar surface area (TPSA) is 96.8 Å². The van der Waals surface area contributed by atoms with Gasteiger partial charge in [-0.1, -0.05) is 12.1 Å². The maximum Gasteiger partial charge on any atom is 0.253 e. The van der Waals surface area contributed by atoms with Crippen molar-refractivity contribution in [3.8, 4) is 0 Å². The second-order valence-corrected chi connectivity index (χ2v) is 6.71. The van der Waals surface area contributed by atoms with Gasteiger partial charge in [-0.2, -0.15) is 0 Å². The van der Waals surface area contributed by atoms with Gasteiger partial charge in [0.15, 0.2) is 5.65 Å². The van der Waals surface area contributed by atoms with E-state index in [1.165, 1.54) is 0 Å². The average Bonchev–Trinajstić information content (AvgIpc) is 3.28. The normalized spacial score (nSPS) is 20.0. The zero-order valence-electron chi connectivity index (χ0n) is 14.3. The molecule has 0 unspecified atom stereocenters. The molecular weight excluding hydrogens is 330 g/mol. The van der Waals surface area contributed by atoms with Crippen molar-refractivity contribution in [2.75, 3.05) is 13.1 Å². The summed E-state index contributed by atoms with van der Waals surface area (Å²) < 4.78 is 1.91. The smallest absolute Gasteiger partial charge is 0.253 e. The summed E-state index contributed by atoms with van der Waals surface area (Å²) in [4.78, 5) is 23.0. The maximum atomic E-state index is 12.7. The van der Waals surface area contributed by atoms with Crippen LogP contribution in [0.15, 0.2) is 49.1 Å². The fourth-order valence-electron chi connectivity index (χ4n) is 3.43. The molecule has 134 valence electrons. The van der Waals surface area contributed by atoms with Gasteiger partial charge in [0.05, 0.1) is 18.0 Å². The van der Waals surface area contributed by atoms with E-state index >= 15 is 0 Å². The Kier molecular flexibility index (Phi) is 4.40. The Morgan fingerprint density at radius 1 is 1.23 bits per heavy atom. The Morgan fingerprint density at radius 3 is 2.81 bits per heavy atom. The van der Waals surface area contributed by atoms with Crippen LogP contribution in [0, 0.1) is 5.92 Å². The first-order valence-corrected chi connectivity index (χ1v) is 8.68. The Bertz CT molecular complexity index is 921. The Labute approximate surface area is 151 Å². The first-order chi connectivity index (χ1) is 12.6. The number of carbonyl (C=O) groups excluding carboxylic acids is 1. The highest BCUT2D eigenvalue weighted by atomic mass is 16.3. The van der Waals surface area contributed by atoms with Gasteiger partial charge in [0.25, 0.3) is 5.91 Å². The summed E-state index contributed by atoms with van der Waals surface area (Å²) in [5, 5.41) is 10.4. The van der Waals surface area contributed by atoms with Crippen LogP contribution < -0.4 is 5.73 Å². The average molecular weight is 351 g/mol. The standard InChI is InChI=1S/C19H21N5O2/c20-8-13-1-3-14(4-2-13)19(26)24-10-15(17(25)12-24)7-16-11-23-6-5-21-18(23)9-22-16/h1-6,9,11,15,17,25H,7-8,10,12,20H2/t15-,17+/m0/s1. The highest BCUT2D eigenvalue weighted by molar-refractivity contribution is 5.94. The van der Waals surface area contributed by atoms with Crippen LogP contribution in [0.3, 0.4) is 0 Å². The van der Waals surface area contributed by atoms with E-state index in [1.807, 2.05) is 28.9 Å². The number of fused-ring (bicyclic) bond motifs is 1. The minimum absolute atomic E-state index is 0.0317. The monoisotopic (exact) mass is 351 g/mol. The summed E-state index contributed by atoms with van der Waals surface area (Å²) in [7, 11) is 0. The molecule has 2 atom stereocenters. The van der Waals surface area contributed by atoms with Crippen molar-refractivity contribution >= 4 is 11.6 Å². The van der Waals surface area contributed by atoms with E-state index in [-0.39, 0.29) is 11.8 Å². The molecule has 1 aromatic carbocycles. The zero-order valence-corrected chi connectivity index (χ0v) is 14.3. The SMILES string of the molecule is NCc1ccc(C(=O)N2C[C@H](Cc3cn4ccnc4cn3)[C@H](O)C2)cc1.